The summed E-state index contributed by atoms with van der Waals surface area (Å²) in [7, 11) is -3.29. The number of carbonyl (C=O) groups is 1. The summed E-state index contributed by atoms with van der Waals surface area (Å²) < 4.78 is 24.7. The number of hydrogen-bond donors (Lipinski definition) is 1. The Hall–Kier alpha value is -0.660. The topological polar surface area (TPSA) is 69.7 Å². The molecule has 0 aliphatic carbocycles. The average molecular weight is 317 g/mol. The number of rotatable bonds is 6. The second kappa shape index (κ2) is 7.07. The van der Waals surface area contributed by atoms with Gasteiger partial charge in [-0.1, -0.05) is 6.92 Å². The Kier molecular flexibility index (Phi) is 5.62. The minimum Gasteiger partial charge on any atom is -0.353 e. The smallest absolute Gasteiger partial charge is 0.238 e. The summed E-state index contributed by atoms with van der Waals surface area (Å²) >= 11 is 0. The zero-order chi connectivity index (χ0) is 15.5. The first-order valence-electron chi connectivity index (χ1n) is 7.92. The SMILES string of the molecule is CC[C@H](CNC(=O)[C@@H]1CCCN1S(C)(=O)=O)N1CCCC1. The number of hydrogen-bond acceptors (Lipinski definition) is 4. The van der Waals surface area contributed by atoms with Gasteiger partial charge in [-0.05, 0) is 45.2 Å². The highest BCUT2D eigenvalue weighted by Gasteiger charge is 2.36. The van der Waals surface area contributed by atoms with Gasteiger partial charge < -0.3 is 5.32 Å². The van der Waals surface area contributed by atoms with Gasteiger partial charge in [-0.2, -0.15) is 4.31 Å². The third-order valence-corrected chi connectivity index (χ3v) is 5.86. The zero-order valence-electron chi connectivity index (χ0n) is 13.0. The molecule has 0 saturated carbocycles. The molecule has 0 bridgehead atoms. The minimum atomic E-state index is -3.29. The Labute approximate surface area is 127 Å². The quantitative estimate of drug-likeness (QED) is 0.770. The van der Waals surface area contributed by atoms with E-state index in [9.17, 15) is 13.2 Å². The van der Waals surface area contributed by atoms with Crippen molar-refractivity contribution in [2.24, 2.45) is 0 Å². The molecular formula is C14H27N3O3S. The molecule has 122 valence electrons. The van der Waals surface area contributed by atoms with Crippen LogP contribution in [-0.2, 0) is 14.8 Å². The molecule has 2 aliphatic rings. The molecule has 0 spiro atoms. The summed E-state index contributed by atoms with van der Waals surface area (Å²) in [6, 6.07) is -0.152. The van der Waals surface area contributed by atoms with Crippen molar-refractivity contribution < 1.29 is 13.2 Å². The zero-order valence-corrected chi connectivity index (χ0v) is 13.9. The monoisotopic (exact) mass is 317 g/mol. The first kappa shape index (κ1) is 16.7. The van der Waals surface area contributed by atoms with Gasteiger partial charge >= 0.3 is 0 Å². The molecule has 21 heavy (non-hydrogen) atoms. The molecule has 0 aromatic carbocycles. The van der Waals surface area contributed by atoms with Gasteiger partial charge in [0.05, 0.1) is 6.26 Å². The highest BCUT2D eigenvalue weighted by atomic mass is 32.2. The lowest BCUT2D eigenvalue weighted by molar-refractivity contribution is -0.124. The molecule has 0 unspecified atom stereocenters. The number of likely N-dealkylation sites (tertiary alicyclic amines) is 1. The lowest BCUT2D eigenvalue weighted by atomic mass is 10.1. The van der Waals surface area contributed by atoms with Crippen LogP contribution in [0.2, 0.25) is 0 Å². The maximum atomic E-state index is 12.3. The summed E-state index contributed by atoms with van der Waals surface area (Å²) in [4.78, 5) is 14.7. The van der Waals surface area contributed by atoms with Crippen LogP contribution in [0.25, 0.3) is 0 Å². The van der Waals surface area contributed by atoms with Crippen molar-refractivity contribution in [2.75, 3.05) is 32.4 Å². The van der Waals surface area contributed by atoms with E-state index in [4.69, 9.17) is 0 Å². The first-order valence-corrected chi connectivity index (χ1v) is 9.77. The van der Waals surface area contributed by atoms with E-state index < -0.39 is 16.1 Å². The number of nitrogens with zero attached hydrogens (tertiary/aromatic N) is 2. The first-order chi connectivity index (χ1) is 9.93. The van der Waals surface area contributed by atoms with Crippen LogP contribution < -0.4 is 5.32 Å². The molecule has 1 N–H and O–H groups in total. The van der Waals surface area contributed by atoms with Crippen LogP contribution in [0.15, 0.2) is 0 Å². The maximum Gasteiger partial charge on any atom is 0.238 e. The van der Waals surface area contributed by atoms with Crippen molar-refractivity contribution >= 4 is 15.9 Å². The second-order valence-corrected chi connectivity index (χ2v) is 8.02. The maximum absolute atomic E-state index is 12.3. The lowest BCUT2D eigenvalue weighted by Gasteiger charge is -2.28. The van der Waals surface area contributed by atoms with Gasteiger partial charge in [0.2, 0.25) is 15.9 Å². The van der Waals surface area contributed by atoms with E-state index in [-0.39, 0.29) is 5.91 Å². The van der Waals surface area contributed by atoms with Gasteiger partial charge in [0.15, 0.2) is 0 Å². The van der Waals surface area contributed by atoms with Crippen molar-refractivity contribution in [3.63, 3.8) is 0 Å². The Balaban J connectivity index is 1.88. The molecule has 1 amide bonds. The molecule has 7 heteroatoms. The normalized spacial score (nSPS) is 26.1. The molecule has 2 heterocycles. The highest BCUT2D eigenvalue weighted by Crippen LogP contribution is 2.20. The van der Waals surface area contributed by atoms with Gasteiger partial charge in [0.25, 0.3) is 0 Å². The lowest BCUT2D eigenvalue weighted by Crippen LogP contribution is -2.49. The Morgan fingerprint density at radius 1 is 1.24 bits per heavy atom. The predicted molar refractivity (Wildman–Crippen MR) is 82.5 cm³/mol. The van der Waals surface area contributed by atoms with Crippen LogP contribution in [0.1, 0.15) is 39.0 Å². The van der Waals surface area contributed by atoms with Crippen LogP contribution >= 0.6 is 0 Å². The fourth-order valence-electron chi connectivity index (χ4n) is 3.37. The summed E-state index contributed by atoms with van der Waals surface area (Å²) in [6.07, 6.45) is 6.02. The molecule has 0 aromatic heterocycles. The number of sulfonamides is 1. The Morgan fingerprint density at radius 3 is 2.48 bits per heavy atom. The van der Waals surface area contributed by atoms with Gasteiger partial charge in [0.1, 0.15) is 6.04 Å². The summed E-state index contributed by atoms with van der Waals surface area (Å²) in [6.45, 7) is 5.41. The van der Waals surface area contributed by atoms with Crippen molar-refractivity contribution in [3.05, 3.63) is 0 Å². The summed E-state index contributed by atoms with van der Waals surface area (Å²) in [5, 5.41) is 2.97. The van der Waals surface area contributed by atoms with Gasteiger partial charge in [0, 0.05) is 19.1 Å². The van der Waals surface area contributed by atoms with E-state index in [1.807, 2.05) is 0 Å². The summed E-state index contributed by atoms with van der Waals surface area (Å²) in [5.41, 5.74) is 0. The number of nitrogens with one attached hydrogen (secondary N) is 1. The van der Waals surface area contributed by atoms with Crippen LogP contribution in [0.3, 0.4) is 0 Å². The van der Waals surface area contributed by atoms with E-state index in [0.717, 1.165) is 25.9 Å². The number of amides is 1. The molecule has 2 aliphatic heterocycles. The van der Waals surface area contributed by atoms with Crippen molar-refractivity contribution in [1.82, 2.24) is 14.5 Å². The van der Waals surface area contributed by atoms with Crippen LogP contribution in [0, 0.1) is 0 Å². The Bertz CT molecular complexity index is 460. The molecule has 2 saturated heterocycles. The largest absolute Gasteiger partial charge is 0.353 e. The van der Waals surface area contributed by atoms with Gasteiger partial charge in [-0.15, -0.1) is 0 Å². The van der Waals surface area contributed by atoms with Crippen molar-refractivity contribution in [3.8, 4) is 0 Å². The second-order valence-electron chi connectivity index (χ2n) is 6.08. The molecule has 2 fully saturated rings. The third-order valence-electron chi connectivity index (χ3n) is 4.57. The average Bonchev–Trinajstić information content (AvgIpc) is 3.09. The van der Waals surface area contributed by atoms with E-state index in [1.54, 1.807) is 0 Å². The van der Waals surface area contributed by atoms with Crippen LogP contribution in [0.4, 0.5) is 0 Å². The molecule has 0 radical (unpaired) electrons. The van der Waals surface area contributed by atoms with E-state index >= 15 is 0 Å². The fourth-order valence-corrected chi connectivity index (χ4v) is 4.50. The van der Waals surface area contributed by atoms with Crippen LogP contribution in [-0.4, -0.2) is 68.0 Å². The van der Waals surface area contributed by atoms with Gasteiger partial charge in [-0.3, -0.25) is 9.69 Å². The highest BCUT2D eigenvalue weighted by molar-refractivity contribution is 7.88. The number of carbonyl (C=O) groups excluding carboxylic acids is 1. The molecule has 6 nitrogen and oxygen atoms in total. The molecule has 2 atom stereocenters. The molecule has 2 rings (SSSR count). The van der Waals surface area contributed by atoms with Crippen molar-refractivity contribution in [1.29, 1.82) is 0 Å². The molecular weight excluding hydrogens is 290 g/mol. The predicted octanol–water partition coefficient (Wildman–Crippen LogP) is 0.401. The fraction of sp³-hybridized carbons (Fsp3) is 0.929. The standard InChI is InChI=1S/C14H27N3O3S/c1-3-12(16-8-4-5-9-16)11-15-14(18)13-7-6-10-17(13)21(2,19)20/h12-13H,3-11H2,1-2H3,(H,15,18)/t12-,13+/m1/s1. The van der Waals surface area contributed by atoms with Gasteiger partial charge in [-0.25, -0.2) is 8.42 Å². The molecule has 0 aromatic rings. The summed E-state index contributed by atoms with van der Waals surface area (Å²) in [5.74, 6) is -0.143. The van der Waals surface area contributed by atoms with Crippen LogP contribution in [0.5, 0.6) is 0 Å². The van der Waals surface area contributed by atoms with Crippen molar-refractivity contribution in [2.45, 2.75) is 51.1 Å². The third kappa shape index (κ3) is 4.17. The van der Waals surface area contributed by atoms with E-state index in [2.05, 4.69) is 17.1 Å². The van der Waals surface area contributed by atoms with E-state index in [1.165, 1.54) is 23.4 Å². The van der Waals surface area contributed by atoms with E-state index in [0.29, 0.717) is 25.6 Å². The Morgan fingerprint density at radius 2 is 1.90 bits per heavy atom. The minimum absolute atomic E-state index is 0.143.